The monoisotopic (exact) mass is 272 g/mol. The number of nitrogens with two attached hydrogens (primary N) is 1. The molecule has 0 unspecified atom stereocenters. The standard InChI is InChI=1S/C14H13ClN4/c1-2-19-13-10(15)4-3-5-11(13)18-14(19)12-7-6-9(16)8-17-12/h3-8H,2,16H2,1H3. The second-order valence-electron chi connectivity index (χ2n) is 4.26. The maximum Gasteiger partial charge on any atom is 0.159 e. The SMILES string of the molecule is CCn1c(-c2ccc(N)cn2)nc2cccc(Cl)c21. The van der Waals surface area contributed by atoms with Crippen molar-refractivity contribution in [2.75, 3.05) is 5.73 Å². The maximum absolute atomic E-state index is 6.27. The molecule has 0 bridgehead atoms. The van der Waals surface area contributed by atoms with E-state index in [4.69, 9.17) is 17.3 Å². The zero-order chi connectivity index (χ0) is 13.4. The van der Waals surface area contributed by atoms with Crippen molar-refractivity contribution in [2.24, 2.45) is 0 Å². The summed E-state index contributed by atoms with van der Waals surface area (Å²) in [6.45, 7) is 2.84. The molecule has 0 saturated heterocycles. The van der Waals surface area contributed by atoms with Crippen LogP contribution in [0.1, 0.15) is 6.92 Å². The highest BCUT2D eigenvalue weighted by Crippen LogP contribution is 2.28. The average Bonchev–Trinajstić information content (AvgIpc) is 2.79. The van der Waals surface area contributed by atoms with Crippen LogP contribution in [0.2, 0.25) is 5.02 Å². The summed E-state index contributed by atoms with van der Waals surface area (Å²) in [6, 6.07) is 9.42. The van der Waals surface area contributed by atoms with Crippen molar-refractivity contribution in [1.82, 2.24) is 14.5 Å². The Morgan fingerprint density at radius 2 is 2.11 bits per heavy atom. The molecule has 0 aliphatic heterocycles. The number of halogens is 1. The van der Waals surface area contributed by atoms with Crippen LogP contribution in [0.3, 0.4) is 0 Å². The largest absolute Gasteiger partial charge is 0.397 e. The molecule has 5 heteroatoms. The summed E-state index contributed by atoms with van der Waals surface area (Å²) in [7, 11) is 0. The van der Waals surface area contributed by atoms with E-state index in [1.807, 2.05) is 30.3 Å². The molecule has 2 N–H and O–H groups in total. The number of benzene rings is 1. The molecule has 0 aliphatic rings. The van der Waals surface area contributed by atoms with Crippen LogP contribution < -0.4 is 5.73 Å². The van der Waals surface area contributed by atoms with E-state index in [9.17, 15) is 0 Å². The number of nitrogen functional groups attached to an aromatic ring is 1. The molecule has 0 spiro atoms. The number of hydrogen-bond acceptors (Lipinski definition) is 3. The minimum Gasteiger partial charge on any atom is -0.397 e. The zero-order valence-electron chi connectivity index (χ0n) is 10.5. The van der Waals surface area contributed by atoms with Gasteiger partial charge in [-0.2, -0.15) is 0 Å². The first-order valence-electron chi connectivity index (χ1n) is 6.07. The predicted molar refractivity (Wildman–Crippen MR) is 78.1 cm³/mol. The fraction of sp³-hybridized carbons (Fsp3) is 0.143. The smallest absolute Gasteiger partial charge is 0.159 e. The van der Waals surface area contributed by atoms with Crippen LogP contribution in [0.4, 0.5) is 5.69 Å². The Morgan fingerprint density at radius 1 is 1.26 bits per heavy atom. The van der Waals surface area contributed by atoms with E-state index in [2.05, 4.69) is 21.5 Å². The summed E-state index contributed by atoms with van der Waals surface area (Å²) in [6.07, 6.45) is 1.64. The normalized spacial score (nSPS) is 11.1. The van der Waals surface area contributed by atoms with E-state index in [-0.39, 0.29) is 0 Å². The molecule has 4 nitrogen and oxygen atoms in total. The van der Waals surface area contributed by atoms with Crippen LogP contribution in [0.5, 0.6) is 0 Å². The quantitative estimate of drug-likeness (QED) is 0.778. The van der Waals surface area contributed by atoms with E-state index < -0.39 is 0 Å². The van der Waals surface area contributed by atoms with Gasteiger partial charge in [-0.1, -0.05) is 17.7 Å². The number of aromatic nitrogens is 3. The number of hydrogen-bond donors (Lipinski definition) is 1. The van der Waals surface area contributed by atoms with Gasteiger partial charge in [0.2, 0.25) is 0 Å². The number of para-hydroxylation sites is 1. The van der Waals surface area contributed by atoms with Gasteiger partial charge in [0.1, 0.15) is 5.69 Å². The average molecular weight is 273 g/mol. The molecule has 0 atom stereocenters. The molecule has 0 aliphatic carbocycles. The van der Waals surface area contributed by atoms with E-state index in [1.54, 1.807) is 6.20 Å². The van der Waals surface area contributed by atoms with Crippen molar-refractivity contribution in [1.29, 1.82) is 0 Å². The molecule has 19 heavy (non-hydrogen) atoms. The van der Waals surface area contributed by atoms with Crippen molar-refractivity contribution >= 4 is 28.3 Å². The highest BCUT2D eigenvalue weighted by atomic mass is 35.5. The third kappa shape index (κ3) is 1.94. The van der Waals surface area contributed by atoms with E-state index >= 15 is 0 Å². The summed E-state index contributed by atoms with van der Waals surface area (Å²) in [5.41, 5.74) is 8.92. The molecule has 0 amide bonds. The van der Waals surface area contributed by atoms with Gasteiger partial charge >= 0.3 is 0 Å². The second-order valence-corrected chi connectivity index (χ2v) is 4.67. The zero-order valence-corrected chi connectivity index (χ0v) is 11.2. The van der Waals surface area contributed by atoms with Crippen LogP contribution in [0, 0.1) is 0 Å². The van der Waals surface area contributed by atoms with Gasteiger partial charge in [0.15, 0.2) is 5.82 Å². The summed E-state index contributed by atoms with van der Waals surface area (Å²) in [5, 5.41) is 0.702. The Bertz CT molecular complexity index is 731. The number of fused-ring (bicyclic) bond motifs is 1. The van der Waals surface area contributed by atoms with Crippen LogP contribution in [0.25, 0.3) is 22.6 Å². The third-order valence-corrected chi connectivity index (χ3v) is 3.35. The van der Waals surface area contributed by atoms with Gasteiger partial charge in [0.25, 0.3) is 0 Å². The molecular weight excluding hydrogens is 260 g/mol. The molecular formula is C14H13ClN4. The van der Waals surface area contributed by atoms with Gasteiger partial charge in [-0.3, -0.25) is 4.98 Å². The van der Waals surface area contributed by atoms with E-state index in [1.165, 1.54) is 0 Å². The number of aryl methyl sites for hydroxylation is 1. The first-order valence-corrected chi connectivity index (χ1v) is 6.45. The van der Waals surface area contributed by atoms with Gasteiger partial charge in [0, 0.05) is 6.54 Å². The summed E-state index contributed by atoms with van der Waals surface area (Å²) < 4.78 is 2.07. The third-order valence-electron chi connectivity index (χ3n) is 3.05. The first kappa shape index (κ1) is 12.0. The first-order chi connectivity index (χ1) is 9.20. The summed E-state index contributed by atoms with van der Waals surface area (Å²) in [4.78, 5) is 8.95. The number of anilines is 1. The molecule has 96 valence electrons. The molecule has 2 aromatic heterocycles. The Balaban J connectivity index is 2.29. The van der Waals surface area contributed by atoms with Crippen molar-refractivity contribution in [2.45, 2.75) is 13.5 Å². The van der Waals surface area contributed by atoms with Gasteiger partial charge < -0.3 is 10.3 Å². The molecule has 0 saturated carbocycles. The van der Waals surface area contributed by atoms with Crippen LogP contribution in [0.15, 0.2) is 36.5 Å². The van der Waals surface area contributed by atoms with Crippen molar-refractivity contribution in [3.8, 4) is 11.5 Å². The summed E-state index contributed by atoms with van der Waals surface area (Å²) >= 11 is 6.27. The number of nitrogens with zero attached hydrogens (tertiary/aromatic N) is 3. The number of pyridine rings is 1. The fourth-order valence-electron chi connectivity index (χ4n) is 2.18. The van der Waals surface area contributed by atoms with Crippen LogP contribution >= 0.6 is 11.6 Å². The van der Waals surface area contributed by atoms with Crippen molar-refractivity contribution in [3.05, 3.63) is 41.6 Å². The Hall–Kier alpha value is -2.07. The highest BCUT2D eigenvalue weighted by Gasteiger charge is 2.14. The highest BCUT2D eigenvalue weighted by molar-refractivity contribution is 6.35. The van der Waals surface area contributed by atoms with Crippen LogP contribution in [-0.4, -0.2) is 14.5 Å². The Kier molecular flexibility index (Phi) is 2.87. The molecule has 0 radical (unpaired) electrons. The predicted octanol–water partition coefficient (Wildman–Crippen LogP) is 3.35. The summed E-state index contributed by atoms with van der Waals surface area (Å²) in [5.74, 6) is 0.811. The van der Waals surface area contributed by atoms with Gasteiger partial charge in [0.05, 0.1) is 27.9 Å². The minimum absolute atomic E-state index is 0.640. The minimum atomic E-state index is 0.640. The van der Waals surface area contributed by atoms with Crippen LogP contribution in [-0.2, 0) is 6.54 Å². The lowest BCUT2D eigenvalue weighted by Gasteiger charge is -2.06. The lowest BCUT2D eigenvalue weighted by molar-refractivity contribution is 0.793. The Labute approximate surface area is 115 Å². The van der Waals surface area contributed by atoms with Gasteiger partial charge in [-0.15, -0.1) is 0 Å². The van der Waals surface area contributed by atoms with Gasteiger partial charge in [-0.05, 0) is 31.2 Å². The number of rotatable bonds is 2. The fourth-order valence-corrected chi connectivity index (χ4v) is 2.45. The van der Waals surface area contributed by atoms with Crippen molar-refractivity contribution in [3.63, 3.8) is 0 Å². The molecule has 0 fully saturated rings. The molecule has 3 aromatic rings. The number of imidazole rings is 1. The van der Waals surface area contributed by atoms with E-state index in [0.29, 0.717) is 10.7 Å². The van der Waals surface area contributed by atoms with E-state index in [0.717, 1.165) is 29.1 Å². The molecule has 3 rings (SSSR count). The lowest BCUT2D eigenvalue weighted by Crippen LogP contribution is -1.99. The Morgan fingerprint density at radius 3 is 2.79 bits per heavy atom. The molecule has 1 aromatic carbocycles. The topological polar surface area (TPSA) is 56.7 Å². The van der Waals surface area contributed by atoms with Gasteiger partial charge in [-0.25, -0.2) is 4.98 Å². The lowest BCUT2D eigenvalue weighted by atomic mass is 10.3. The molecule has 2 heterocycles. The van der Waals surface area contributed by atoms with Crippen molar-refractivity contribution < 1.29 is 0 Å². The maximum atomic E-state index is 6.27. The second kappa shape index (κ2) is 4.55.